The fourth-order valence-electron chi connectivity index (χ4n) is 3.13. The lowest BCUT2D eigenvalue weighted by Crippen LogP contribution is -2.30. The molecular formula is C20H35N. The van der Waals surface area contributed by atoms with Crippen molar-refractivity contribution in [3.05, 3.63) is 35.9 Å². The highest BCUT2D eigenvalue weighted by Crippen LogP contribution is 2.22. The Bertz CT molecular complexity index is 333. The molecule has 0 saturated heterocycles. The first-order chi connectivity index (χ1) is 10.3. The van der Waals surface area contributed by atoms with E-state index >= 15 is 0 Å². The first-order valence-electron chi connectivity index (χ1n) is 9.01. The Morgan fingerprint density at radius 1 is 0.857 bits per heavy atom. The average Bonchev–Trinajstić information content (AvgIpc) is 2.54. The van der Waals surface area contributed by atoms with Gasteiger partial charge in [0.2, 0.25) is 0 Å². The molecule has 21 heavy (non-hydrogen) atoms. The number of hydrogen-bond donors (Lipinski definition) is 1. The van der Waals surface area contributed by atoms with E-state index in [9.17, 15) is 0 Å². The fraction of sp³-hybridized carbons (Fsp3) is 0.700. The van der Waals surface area contributed by atoms with E-state index in [0.29, 0.717) is 12.0 Å². The minimum Gasteiger partial charge on any atom is -0.316 e. The Labute approximate surface area is 132 Å². The van der Waals surface area contributed by atoms with Crippen molar-refractivity contribution in [3.63, 3.8) is 0 Å². The van der Waals surface area contributed by atoms with E-state index < -0.39 is 0 Å². The summed E-state index contributed by atoms with van der Waals surface area (Å²) in [7, 11) is 2.11. The van der Waals surface area contributed by atoms with E-state index in [1.807, 2.05) is 0 Å². The maximum atomic E-state index is 3.52. The fourth-order valence-corrected chi connectivity index (χ4v) is 3.13. The first kappa shape index (κ1) is 18.2. The van der Waals surface area contributed by atoms with Crippen LogP contribution in [0, 0.1) is 0 Å². The summed E-state index contributed by atoms with van der Waals surface area (Å²) in [5.74, 6) is 0.598. The van der Waals surface area contributed by atoms with Crippen molar-refractivity contribution in [2.75, 3.05) is 7.05 Å². The Morgan fingerprint density at radius 3 is 2.00 bits per heavy atom. The summed E-state index contributed by atoms with van der Waals surface area (Å²) in [5.41, 5.74) is 1.46. The van der Waals surface area contributed by atoms with Gasteiger partial charge in [-0.2, -0.15) is 0 Å². The average molecular weight is 290 g/mol. The van der Waals surface area contributed by atoms with Gasteiger partial charge in [0.15, 0.2) is 0 Å². The largest absolute Gasteiger partial charge is 0.316 e. The zero-order chi connectivity index (χ0) is 15.3. The van der Waals surface area contributed by atoms with Crippen molar-refractivity contribution in [2.45, 2.75) is 83.6 Å². The van der Waals surface area contributed by atoms with Crippen LogP contribution < -0.4 is 5.32 Å². The third-order valence-electron chi connectivity index (χ3n) is 4.67. The van der Waals surface area contributed by atoms with E-state index in [0.717, 1.165) is 0 Å². The Balaban J connectivity index is 2.16. The predicted octanol–water partition coefficient (Wildman–Crippen LogP) is 5.91. The highest BCUT2D eigenvalue weighted by atomic mass is 14.9. The molecule has 0 amide bonds. The van der Waals surface area contributed by atoms with Crippen molar-refractivity contribution >= 4 is 0 Å². The summed E-state index contributed by atoms with van der Waals surface area (Å²) >= 11 is 0. The molecule has 0 aromatic heterocycles. The molecule has 1 heteroatoms. The van der Waals surface area contributed by atoms with Crippen molar-refractivity contribution in [1.82, 2.24) is 5.32 Å². The third-order valence-corrected chi connectivity index (χ3v) is 4.67. The van der Waals surface area contributed by atoms with Gasteiger partial charge in [0.05, 0.1) is 0 Å². The van der Waals surface area contributed by atoms with E-state index in [-0.39, 0.29) is 0 Å². The van der Waals surface area contributed by atoms with E-state index in [2.05, 4.69) is 56.5 Å². The van der Waals surface area contributed by atoms with Crippen LogP contribution in [0.1, 0.15) is 83.1 Å². The highest BCUT2D eigenvalue weighted by Gasteiger charge is 2.16. The smallest absolute Gasteiger partial charge is 0.0130 e. The molecule has 0 bridgehead atoms. The van der Waals surface area contributed by atoms with Crippen molar-refractivity contribution in [2.24, 2.45) is 0 Å². The topological polar surface area (TPSA) is 12.0 Å². The second-order valence-electron chi connectivity index (χ2n) is 6.36. The molecule has 2 atom stereocenters. The lowest BCUT2D eigenvalue weighted by Gasteiger charge is -2.24. The molecule has 120 valence electrons. The number of unbranched alkanes of at least 4 members (excludes halogenated alkanes) is 7. The van der Waals surface area contributed by atoms with Gasteiger partial charge in [0.25, 0.3) is 0 Å². The lowest BCUT2D eigenvalue weighted by molar-refractivity contribution is 0.430. The molecule has 0 aliphatic heterocycles. The van der Waals surface area contributed by atoms with Gasteiger partial charge in [-0.1, -0.05) is 95.5 Å². The minimum absolute atomic E-state index is 0.598. The van der Waals surface area contributed by atoms with Crippen LogP contribution >= 0.6 is 0 Å². The van der Waals surface area contributed by atoms with Crippen LogP contribution in [-0.4, -0.2) is 13.1 Å². The molecular weight excluding hydrogens is 254 g/mol. The molecule has 2 unspecified atom stereocenters. The molecule has 1 nitrogen and oxygen atoms in total. The second-order valence-corrected chi connectivity index (χ2v) is 6.36. The maximum absolute atomic E-state index is 3.52. The van der Waals surface area contributed by atoms with Gasteiger partial charge in [0, 0.05) is 6.04 Å². The van der Waals surface area contributed by atoms with Gasteiger partial charge in [-0.05, 0) is 24.9 Å². The Morgan fingerprint density at radius 2 is 1.43 bits per heavy atom. The normalized spacial score (nSPS) is 14.0. The summed E-state index contributed by atoms with van der Waals surface area (Å²) in [6.07, 6.45) is 12.5. The van der Waals surface area contributed by atoms with Gasteiger partial charge in [0.1, 0.15) is 0 Å². The first-order valence-corrected chi connectivity index (χ1v) is 9.01. The van der Waals surface area contributed by atoms with Crippen molar-refractivity contribution in [1.29, 1.82) is 0 Å². The summed E-state index contributed by atoms with van der Waals surface area (Å²) < 4.78 is 0. The molecule has 1 rings (SSSR count). The van der Waals surface area contributed by atoms with E-state index in [1.165, 1.54) is 63.4 Å². The molecule has 1 aromatic carbocycles. The van der Waals surface area contributed by atoms with Crippen molar-refractivity contribution < 1.29 is 0 Å². The van der Waals surface area contributed by atoms with Crippen LogP contribution in [0.2, 0.25) is 0 Å². The Hall–Kier alpha value is -0.820. The van der Waals surface area contributed by atoms with Crippen molar-refractivity contribution in [3.8, 4) is 0 Å². The lowest BCUT2D eigenvalue weighted by atomic mass is 9.90. The van der Waals surface area contributed by atoms with Crippen LogP contribution in [-0.2, 0) is 0 Å². The van der Waals surface area contributed by atoms with Gasteiger partial charge in [-0.15, -0.1) is 0 Å². The second kappa shape index (κ2) is 11.8. The summed E-state index contributed by atoms with van der Waals surface area (Å²) in [4.78, 5) is 0. The number of nitrogens with one attached hydrogen (secondary N) is 1. The van der Waals surface area contributed by atoms with Crippen LogP contribution in [0.5, 0.6) is 0 Å². The summed E-state index contributed by atoms with van der Waals surface area (Å²) in [6, 6.07) is 11.5. The van der Waals surface area contributed by atoms with Gasteiger partial charge in [-0.3, -0.25) is 0 Å². The summed E-state index contributed by atoms with van der Waals surface area (Å²) in [5, 5.41) is 3.52. The molecule has 0 heterocycles. The monoisotopic (exact) mass is 289 g/mol. The van der Waals surface area contributed by atoms with Gasteiger partial charge in [-0.25, -0.2) is 0 Å². The molecule has 1 N–H and O–H groups in total. The minimum atomic E-state index is 0.598. The Kier molecular flexibility index (Phi) is 10.2. The zero-order valence-corrected chi connectivity index (χ0v) is 14.4. The predicted molar refractivity (Wildman–Crippen MR) is 94.9 cm³/mol. The molecule has 0 aliphatic rings. The van der Waals surface area contributed by atoms with Crippen LogP contribution in [0.15, 0.2) is 30.3 Å². The van der Waals surface area contributed by atoms with Crippen LogP contribution in [0.3, 0.4) is 0 Å². The maximum Gasteiger partial charge on any atom is 0.0130 e. The third kappa shape index (κ3) is 7.66. The number of likely N-dealkylation sites (N-methyl/N-ethyl adjacent to an activating group) is 1. The SMILES string of the molecule is CCCCCCCCCCC(NC)C(C)c1ccccc1. The number of hydrogen-bond acceptors (Lipinski definition) is 1. The molecule has 0 saturated carbocycles. The molecule has 1 aromatic rings. The zero-order valence-electron chi connectivity index (χ0n) is 14.4. The van der Waals surface area contributed by atoms with Crippen LogP contribution in [0.4, 0.5) is 0 Å². The van der Waals surface area contributed by atoms with Crippen LogP contribution in [0.25, 0.3) is 0 Å². The van der Waals surface area contributed by atoms with Gasteiger partial charge < -0.3 is 5.32 Å². The highest BCUT2D eigenvalue weighted by molar-refractivity contribution is 5.20. The molecule has 0 aliphatic carbocycles. The molecule has 0 spiro atoms. The molecule has 0 fully saturated rings. The summed E-state index contributed by atoms with van der Waals surface area (Å²) in [6.45, 7) is 4.63. The number of rotatable bonds is 12. The quantitative estimate of drug-likeness (QED) is 0.472. The van der Waals surface area contributed by atoms with Gasteiger partial charge >= 0.3 is 0 Å². The van der Waals surface area contributed by atoms with E-state index in [1.54, 1.807) is 0 Å². The number of benzene rings is 1. The molecule has 0 radical (unpaired) electrons. The van der Waals surface area contributed by atoms with E-state index in [4.69, 9.17) is 0 Å². The standard InChI is InChI=1S/C20H35N/c1-4-5-6-7-8-9-10-14-17-20(21-3)18(2)19-15-12-11-13-16-19/h11-13,15-16,18,20-21H,4-10,14,17H2,1-3H3.